The summed E-state index contributed by atoms with van der Waals surface area (Å²) < 4.78 is 1.06. The predicted octanol–water partition coefficient (Wildman–Crippen LogP) is 2.68. The lowest BCUT2D eigenvalue weighted by atomic mass is 10.2. The molecular weight excluding hydrogens is 278 g/mol. The molecule has 1 saturated heterocycles. The molecule has 1 aliphatic heterocycles. The zero-order chi connectivity index (χ0) is 11.8. The van der Waals surface area contributed by atoms with Crippen molar-refractivity contribution in [3.05, 3.63) is 22.7 Å². The molecule has 3 N–H and O–H groups in total. The number of rotatable bonds is 3. The Hall–Kier alpha value is -0.740. The highest BCUT2D eigenvalue weighted by molar-refractivity contribution is 9.10. The Morgan fingerprint density at radius 3 is 2.82 bits per heavy atom. The van der Waals surface area contributed by atoms with E-state index in [0.717, 1.165) is 21.9 Å². The Morgan fingerprint density at radius 2 is 2.12 bits per heavy atom. The maximum absolute atomic E-state index is 5.74. The maximum atomic E-state index is 5.74. The first-order chi connectivity index (χ1) is 8.22. The van der Waals surface area contributed by atoms with E-state index < -0.39 is 0 Å². The van der Waals surface area contributed by atoms with Crippen LogP contribution in [0.3, 0.4) is 0 Å². The van der Waals surface area contributed by atoms with Gasteiger partial charge in [-0.15, -0.1) is 0 Å². The van der Waals surface area contributed by atoms with Crippen molar-refractivity contribution in [1.29, 1.82) is 0 Å². The number of nitrogens with zero attached hydrogens (tertiary/aromatic N) is 1. The Labute approximate surface area is 110 Å². The van der Waals surface area contributed by atoms with E-state index >= 15 is 0 Å². The smallest absolute Gasteiger partial charge is 0.0488 e. The van der Waals surface area contributed by atoms with E-state index in [-0.39, 0.29) is 0 Å². The van der Waals surface area contributed by atoms with Crippen LogP contribution in [0.4, 0.5) is 11.4 Å². The SMILES string of the molecule is Nc1ccc(NC2CCN(C3CC3)C2)c(Br)c1. The number of likely N-dealkylation sites (tertiary alicyclic amines) is 1. The fraction of sp³-hybridized carbons (Fsp3) is 0.538. The lowest BCUT2D eigenvalue weighted by Gasteiger charge is -2.17. The Kier molecular flexibility index (Phi) is 3.01. The molecule has 17 heavy (non-hydrogen) atoms. The van der Waals surface area contributed by atoms with Crippen molar-refractivity contribution in [2.75, 3.05) is 24.1 Å². The minimum Gasteiger partial charge on any atom is -0.399 e. The van der Waals surface area contributed by atoms with E-state index in [2.05, 4.69) is 32.2 Å². The number of nitrogens with two attached hydrogens (primary N) is 1. The zero-order valence-corrected chi connectivity index (χ0v) is 11.4. The van der Waals surface area contributed by atoms with Gasteiger partial charge >= 0.3 is 0 Å². The summed E-state index contributed by atoms with van der Waals surface area (Å²) >= 11 is 3.55. The molecule has 3 rings (SSSR count). The molecule has 2 aliphatic rings. The first kappa shape index (κ1) is 11.4. The van der Waals surface area contributed by atoms with E-state index in [4.69, 9.17) is 5.73 Å². The highest BCUT2D eigenvalue weighted by Gasteiger charge is 2.34. The second-order valence-corrected chi connectivity index (χ2v) is 5.95. The molecule has 1 aromatic carbocycles. The van der Waals surface area contributed by atoms with Gasteiger partial charge in [0.25, 0.3) is 0 Å². The largest absolute Gasteiger partial charge is 0.399 e. The van der Waals surface area contributed by atoms with Crippen molar-refractivity contribution < 1.29 is 0 Å². The van der Waals surface area contributed by atoms with Gasteiger partial charge in [0.1, 0.15) is 0 Å². The lowest BCUT2D eigenvalue weighted by Crippen LogP contribution is -2.27. The minimum atomic E-state index is 0.579. The van der Waals surface area contributed by atoms with Crippen molar-refractivity contribution in [3.63, 3.8) is 0 Å². The van der Waals surface area contributed by atoms with E-state index in [1.54, 1.807) is 0 Å². The molecule has 0 amide bonds. The molecule has 1 aliphatic carbocycles. The Bertz CT molecular complexity index is 417. The first-order valence-corrected chi connectivity index (χ1v) is 7.07. The van der Waals surface area contributed by atoms with Crippen LogP contribution in [0, 0.1) is 0 Å². The molecule has 1 unspecified atom stereocenters. The van der Waals surface area contributed by atoms with Crippen LogP contribution in [0.25, 0.3) is 0 Å². The number of hydrogen-bond acceptors (Lipinski definition) is 3. The topological polar surface area (TPSA) is 41.3 Å². The zero-order valence-electron chi connectivity index (χ0n) is 9.82. The number of nitrogen functional groups attached to an aromatic ring is 1. The summed E-state index contributed by atoms with van der Waals surface area (Å²) in [6, 6.07) is 7.42. The van der Waals surface area contributed by atoms with Gasteiger partial charge in [0, 0.05) is 41.0 Å². The molecule has 0 radical (unpaired) electrons. The van der Waals surface area contributed by atoms with Gasteiger partial charge in [-0.25, -0.2) is 0 Å². The van der Waals surface area contributed by atoms with Gasteiger partial charge in [-0.05, 0) is 53.4 Å². The summed E-state index contributed by atoms with van der Waals surface area (Å²) in [6.07, 6.45) is 4.05. The van der Waals surface area contributed by atoms with Gasteiger partial charge in [-0.1, -0.05) is 0 Å². The van der Waals surface area contributed by atoms with Crippen molar-refractivity contribution >= 4 is 27.3 Å². The van der Waals surface area contributed by atoms with Crippen molar-refractivity contribution in [3.8, 4) is 0 Å². The highest BCUT2D eigenvalue weighted by atomic mass is 79.9. The number of anilines is 2. The molecule has 0 spiro atoms. The van der Waals surface area contributed by atoms with E-state index in [1.165, 1.54) is 32.4 Å². The Morgan fingerprint density at radius 1 is 1.29 bits per heavy atom. The summed E-state index contributed by atoms with van der Waals surface area (Å²) in [5.74, 6) is 0. The molecule has 1 aromatic rings. The van der Waals surface area contributed by atoms with Crippen LogP contribution in [-0.4, -0.2) is 30.1 Å². The fourth-order valence-electron chi connectivity index (χ4n) is 2.54. The monoisotopic (exact) mass is 295 g/mol. The number of benzene rings is 1. The van der Waals surface area contributed by atoms with Gasteiger partial charge in [-0.2, -0.15) is 0 Å². The van der Waals surface area contributed by atoms with Crippen LogP contribution in [0.5, 0.6) is 0 Å². The second kappa shape index (κ2) is 4.50. The summed E-state index contributed by atoms with van der Waals surface area (Å²) in [7, 11) is 0. The maximum Gasteiger partial charge on any atom is 0.0488 e. The van der Waals surface area contributed by atoms with Crippen molar-refractivity contribution in [1.82, 2.24) is 4.90 Å². The summed E-state index contributed by atoms with van der Waals surface area (Å²) in [5, 5.41) is 3.60. The quantitative estimate of drug-likeness (QED) is 0.843. The minimum absolute atomic E-state index is 0.579. The van der Waals surface area contributed by atoms with Crippen molar-refractivity contribution in [2.45, 2.75) is 31.3 Å². The number of halogens is 1. The lowest BCUT2D eigenvalue weighted by molar-refractivity contribution is 0.326. The van der Waals surface area contributed by atoms with Crippen LogP contribution in [0.15, 0.2) is 22.7 Å². The molecule has 0 bridgehead atoms. The molecular formula is C13H18BrN3. The van der Waals surface area contributed by atoms with E-state index in [1.807, 2.05) is 12.1 Å². The van der Waals surface area contributed by atoms with Gasteiger partial charge in [-0.3, -0.25) is 4.90 Å². The first-order valence-electron chi connectivity index (χ1n) is 6.28. The third-order valence-corrected chi connectivity index (χ3v) is 4.29. The molecule has 2 fully saturated rings. The van der Waals surface area contributed by atoms with E-state index in [9.17, 15) is 0 Å². The second-order valence-electron chi connectivity index (χ2n) is 5.10. The third-order valence-electron chi connectivity index (χ3n) is 3.64. The van der Waals surface area contributed by atoms with Crippen molar-refractivity contribution in [2.24, 2.45) is 0 Å². The molecule has 3 nitrogen and oxygen atoms in total. The summed E-state index contributed by atoms with van der Waals surface area (Å²) in [6.45, 7) is 2.43. The number of hydrogen-bond donors (Lipinski definition) is 2. The molecule has 1 heterocycles. The van der Waals surface area contributed by atoms with Crippen LogP contribution < -0.4 is 11.1 Å². The average Bonchev–Trinajstić information content (AvgIpc) is 3.04. The van der Waals surface area contributed by atoms with Gasteiger partial charge in [0.15, 0.2) is 0 Å². The average molecular weight is 296 g/mol. The molecule has 1 saturated carbocycles. The predicted molar refractivity (Wildman–Crippen MR) is 75.2 cm³/mol. The molecule has 92 valence electrons. The number of nitrogens with one attached hydrogen (secondary N) is 1. The summed E-state index contributed by atoms with van der Waals surface area (Å²) in [4.78, 5) is 2.61. The normalized spacial score (nSPS) is 25.1. The van der Waals surface area contributed by atoms with Gasteiger partial charge < -0.3 is 11.1 Å². The highest BCUT2D eigenvalue weighted by Crippen LogP contribution is 2.32. The molecule has 4 heteroatoms. The Balaban J connectivity index is 1.63. The van der Waals surface area contributed by atoms with Crippen LogP contribution in [-0.2, 0) is 0 Å². The fourth-order valence-corrected chi connectivity index (χ4v) is 3.06. The third kappa shape index (κ3) is 2.58. The van der Waals surface area contributed by atoms with Crippen LogP contribution in [0.1, 0.15) is 19.3 Å². The van der Waals surface area contributed by atoms with E-state index in [0.29, 0.717) is 6.04 Å². The van der Waals surface area contributed by atoms with Crippen LogP contribution in [0.2, 0.25) is 0 Å². The standard InChI is InChI=1S/C13H18BrN3/c14-12-7-9(15)1-4-13(12)16-10-5-6-17(8-10)11-2-3-11/h1,4,7,10-11,16H,2-3,5-6,8,15H2. The van der Waals surface area contributed by atoms with Gasteiger partial charge in [0.2, 0.25) is 0 Å². The molecule has 1 atom stereocenters. The summed E-state index contributed by atoms with van der Waals surface area (Å²) in [5.41, 5.74) is 7.69. The molecule has 0 aromatic heterocycles. The van der Waals surface area contributed by atoms with Gasteiger partial charge in [0.05, 0.1) is 0 Å². The van der Waals surface area contributed by atoms with Crippen LogP contribution >= 0.6 is 15.9 Å².